The molecule has 0 saturated heterocycles. The van der Waals surface area contributed by atoms with Crippen LogP contribution in [0.5, 0.6) is 5.75 Å². The number of hydrogen-bond acceptors (Lipinski definition) is 3. The lowest BCUT2D eigenvalue weighted by atomic mass is 10.00. The highest BCUT2D eigenvalue weighted by Crippen LogP contribution is 2.33. The maximum atomic E-state index is 13.8. The van der Waals surface area contributed by atoms with E-state index in [1.54, 1.807) is 12.1 Å². The highest BCUT2D eigenvalue weighted by molar-refractivity contribution is 5.77. The van der Waals surface area contributed by atoms with Crippen LogP contribution in [0.4, 0.5) is 4.39 Å². The molecule has 0 radical (unpaired) electrons. The largest absolute Gasteiger partial charge is 0.490 e. The molecule has 4 nitrogen and oxygen atoms in total. The summed E-state index contributed by atoms with van der Waals surface area (Å²) in [5.41, 5.74) is 0.667. The molecule has 1 aliphatic rings. The molecule has 2 atom stereocenters. The number of halogens is 1. The molecule has 1 aliphatic heterocycles. The molecule has 0 fully saturated rings. The molecule has 116 valence electrons. The smallest absolute Gasteiger partial charge is 0.223 e. The number of para-hydroxylation sites is 1. The normalized spacial score (nSPS) is 19.4. The fraction of sp³-hybridized carbons (Fsp3) is 0.562. The average Bonchev–Trinajstić information content (AvgIpc) is 2.62. The molecule has 21 heavy (non-hydrogen) atoms. The lowest BCUT2D eigenvalue weighted by Gasteiger charge is -2.20. The third-order valence-corrected chi connectivity index (χ3v) is 3.76. The van der Waals surface area contributed by atoms with Crippen molar-refractivity contribution in [3.05, 3.63) is 29.6 Å². The minimum atomic E-state index is -0.668. The molecule has 0 aliphatic carbocycles. The Labute approximate surface area is 124 Å². The van der Waals surface area contributed by atoms with Crippen molar-refractivity contribution >= 4 is 5.91 Å². The number of amides is 1. The number of benzene rings is 1. The summed E-state index contributed by atoms with van der Waals surface area (Å²) in [7, 11) is 0. The van der Waals surface area contributed by atoms with Crippen LogP contribution in [0, 0.1) is 11.7 Å². The molecule has 0 bridgehead atoms. The summed E-state index contributed by atoms with van der Waals surface area (Å²) in [6.07, 6.45) is 0.824. The molecule has 1 heterocycles. The van der Waals surface area contributed by atoms with Gasteiger partial charge in [-0.15, -0.1) is 0 Å². The first kappa shape index (κ1) is 15.8. The highest BCUT2D eigenvalue weighted by Gasteiger charge is 2.24. The van der Waals surface area contributed by atoms with Gasteiger partial charge in [-0.25, -0.2) is 4.39 Å². The lowest BCUT2D eigenvalue weighted by molar-refractivity contribution is -0.124. The molecule has 0 spiro atoms. The molecule has 0 saturated carbocycles. The van der Waals surface area contributed by atoms with Gasteiger partial charge in [0.2, 0.25) is 5.91 Å². The third kappa shape index (κ3) is 3.94. The van der Waals surface area contributed by atoms with E-state index in [-0.39, 0.29) is 30.0 Å². The second-order valence-corrected chi connectivity index (χ2v) is 5.78. The standard InChI is InChI=1S/C16H22FNO3/c1-10(2)14(19)9-15(20)18-13-7-4-8-21-16-11(13)5-3-6-12(16)17/h3,5-6,10,13-14,19H,4,7-9H2,1-2H3,(H,18,20). The number of fused-ring (bicyclic) bond motifs is 1. The van der Waals surface area contributed by atoms with Crippen LogP contribution < -0.4 is 10.1 Å². The number of hydrogen-bond donors (Lipinski definition) is 2. The van der Waals surface area contributed by atoms with Crippen molar-refractivity contribution in [2.75, 3.05) is 6.61 Å². The number of aliphatic hydroxyl groups excluding tert-OH is 1. The minimum absolute atomic E-state index is 0.0259. The fourth-order valence-corrected chi connectivity index (χ4v) is 2.40. The van der Waals surface area contributed by atoms with Crippen molar-refractivity contribution < 1.29 is 19.0 Å². The van der Waals surface area contributed by atoms with Gasteiger partial charge in [-0.2, -0.15) is 0 Å². The number of carbonyl (C=O) groups excluding carboxylic acids is 1. The first-order valence-electron chi connectivity index (χ1n) is 7.37. The van der Waals surface area contributed by atoms with E-state index >= 15 is 0 Å². The first-order valence-corrected chi connectivity index (χ1v) is 7.37. The number of nitrogens with one attached hydrogen (secondary N) is 1. The van der Waals surface area contributed by atoms with Crippen molar-refractivity contribution in [1.29, 1.82) is 0 Å². The molecule has 0 aromatic heterocycles. The summed E-state index contributed by atoms with van der Waals surface area (Å²) in [6, 6.07) is 4.47. The first-order chi connectivity index (χ1) is 9.99. The van der Waals surface area contributed by atoms with Crippen LogP contribution in [0.25, 0.3) is 0 Å². The molecule has 2 N–H and O–H groups in total. The summed E-state index contributed by atoms with van der Waals surface area (Å²) in [5, 5.41) is 12.7. The summed E-state index contributed by atoms with van der Waals surface area (Å²) in [5.74, 6) is -0.378. The van der Waals surface area contributed by atoms with Gasteiger partial charge in [0.25, 0.3) is 0 Å². The van der Waals surface area contributed by atoms with Gasteiger partial charge < -0.3 is 15.2 Å². The van der Waals surface area contributed by atoms with E-state index in [4.69, 9.17) is 4.74 Å². The van der Waals surface area contributed by atoms with Gasteiger partial charge in [-0.3, -0.25) is 4.79 Å². The number of rotatable bonds is 4. The Kier molecular flexibility index (Phi) is 5.17. The summed E-state index contributed by atoms with van der Waals surface area (Å²) < 4.78 is 19.2. The van der Waals surface area contributed by atoms with E-state index in [2.05, 4.69) is 5.32 Å². The fourth-order valence-electron chi connectivity index (χ4n) is 2.40. The predicted molar refractivity (Wildman–Crippen MR) is 77.5 cm³/mol. The zero-order valence-corrected chi connectivity index (χ0v) is 12.4. The summed E-state index contributed by atoms with van der Waals surface area (Å²) >= 11 is 0. The zero-order chi connectivity index (χ0) is 15.4. The van der Waals surface area contributed by atoms with Crippen LogP contribution in [-0.2, 0) is 4.79 Å². The van der Waals surface area contributed by atoms with E-state index < -0.39 is 11.9 Å². The van der Waals surface area contributed by atoms with Gasteiger partial charge in [0, 0.05) is 5.56 Å². The van der Waals surface area contributed by atoms with Crippen LogP contribution >= 0.6 is 0 Å². The van der Waals surface area contributed by atoms with Crippen molar-refractivity contribution in [3.63, 3.8) is 0 Å². The molecule has 2 rings (SSSR count). The maximum absolute atomic E-state index is 13.8. The molecule has 1 aromatic carbocycles. The Morgan fingerprint density at radius 2 is 2.29 bits per heavy atom. The molecule has 5 heteroatoms. The quantitative estimate of drug-likeness (QED) is 0.897. The Balaban J connectivity index is 2.10. The van der Waals surface area contributed by atoms with E-state index in [0.29, 0.717) is 18.6 Å². The van der Waals surface area contributed by atoms with Crippen molar-refractivity contribution in [2.24, 2.45) is 5.92 Å². The Hall–Kier alpha value is -1.62. The SMILES string of the molecule is CC(C)C(O)CC(=O)NC1CCCOc2c(F)cccc21. The van der Waals surface area contributed by atoms with E-state index in [9.17, 15) is 14.3 Å². The molecule has 1 amide bonds. The Bertz CT molecular complexity index is 504. The van der Waals surface area contributed by atoms with Crippen LogP contribution in [0.15, 0.2) is 18.2 Å². The number of carbonyl (C=O) groups is 1. The van der Waals surface area contributed by atoms with Gasteiger partial charge in [-0.1, -0.05) is 26.0 Å². The zero-order valence-electron chi connectivity index (χ0n) is 12.4. The van der Waals surface area contributed by atoms with Gasteiger partial charge in [-0.05, 0) is 24.8 Å². The van der Waals surface area contributed by atoms with Gasteiger partial charge in [0.05, 0.1) is 25.2 Å². The second-order valence-electron chi connectivity index (χ2n) is 5.78. The lowest BCUT2D eigenvalue weighted by Crippen LogP contribution is -2.32. The average molecular weight is 295 g/mol. The second kappa shape index (κ2) is 6.89. The molecular formula is C16H22FNO3. The maximum Gasteiger partial charge on any atom is 0.223 e. The molecule has 1 aromatic rings. The van der Waals surface area contributed by atoms with Gasteiger partial charge >= 0.3 is 0 Å². The predicted octanol–water partition coefficient (Wildman–Crippen LogP) is 2.56. The number of ether oxygens (including phenoxy) is 1. The minimum Gasteiger partial charge on any atom is -0.490 e. The van der Waals surface area contributed by atoms with Crippen molar-refractivity contribution in [3.8, 4) is 5.75 Å². The third-order valence-electron chi connectivity index (χ3n) is 3.76. The monoisotopic (exact) mass is 295 g/mol. The van der Waals surface area contributed by atoms with E-state index in [0.717, 1.165) is 6.42 Å². The Morgan fingerprint density at radius 3 is 3.00 bits per heavy atom. The van der Waals surface area contributed by atoms with Crippen LogP contribution in [-0.4, -0.2) is 23.7 Å². The summed E-state index contributed by atoms with van der Waals surface area (Å²) in [4.78, 5) is 12.0. The van der Waals surface area contributed by atoms with E-state index in [1.165, 1.54) is 6.07 Å². The number of aliphatic hydroxyl groups is 1. The van der Waals surface area contributed by atoms with Crippen molar-refractivity contribution in [2.45, 2.75) is 45.3 Å². The molecule has 2 unspecified atom stereocenters. The highest BCUT2D eigenvalue weighted by atomic mass is 19.1. The summed E-state index contributed by atoms with van der Waals surface area (Å²) in [6.45, 7) is 4.17. The topological polar surface area (TPSA) is 58.6 Å². The van der Waals surface area contributed by atoms with Crippen LogP contribution in [0.3, 0.4) is 0 Å². The molecular weight excluding hydrogens is 273 g/mol. The van der Waals surface area contributed by atoms with E-state index in [1.807, 2.05) is 13.8 Å². The van der Waals surface area contributed by atoms with Gasteiger partial charge in [0.15, 0.2) is 11.6 Å². The van der Waals surface area contributed by atoms with Crippen LogP contribution in [0.2, 0.25) is 0 Å². The van der Waals surface area contributed by atoms with Crippen molar-refractivity contribution in [1.82, 2.24) is 5.32 Å². The van der Waals surface area contributed by atoms with Crippen LogP contribution in [0.1, 0.15) is 44.7 Å². The van der Waals surface area contributed by atoms with Gasteiger partial charge in [0.1, 0.15) is 0 Å². The Morgan fingerprint density at radius 1 is 1.52 bits per heavy atom.